The van der Waals surface area contributed by atoms with Gasteiger partial charge in [0.2, 0.25) is 0 Å². The van der Waals surface area contributed by atoms with Gasteiger partial charge < -0.3 is 27.3 Å². The Hall–Kier alpha value is -3.42. The van der Waals surface area contributed by atoms with Crippen LogP contribution in [-0.2, 0) is 4.74 Å². The Morgan fingerprint density at radius 1 is 1.27 bits per heavy atom. The van der Waals surface area contributed by atoms with Gasteiger partial charge in [0.1, 0.15) is 5.69 Å². The van der Waals surface area contributed by atoms with E-state index in [2.05, 4.69) is 4.98 Å². The number of hydrogen-bond acceptors (Lipinski definition) is 6. The summed E-state index contributed by atoms with van der Waals surface area (Å²) >= 11 is 0. The molecule has 1 heterocycles. The maximum Gasteiger partial charge on any atom is 0.280 e. The van der Waals surface area contributed by atoms with E-state index in [0.29, 0.717) is 28.0 Å². The lowest BCUT2D eigenvalue weighted by molar-refractivity contribution is 0.146. The van der Waals surface area contributed by atoms with E-state index in [9.17, 15) is 8.78 Å². The van der Waals surface area contributed by atoms with Crippen LogP contribution in [0, 0.1) is 5.41 Å². The molecular formula is C18H19F2N5O. The second-order valence-electron chi connectivity index (χ2n) is 5.29. The minimum absolute atomic E-state index is 0.181. The van der Waals surface area contributed by atoms with E-state index in [0.717, 1.165) is 6.21 Å². The second kappa shape index (κ2) is 8.11. The number of pyridine rings is 1. The van der Waals surface area contributed by atoms with Crippen molar-refractivity contribution in [2.75, 3.05) is 12.8 Å². The standard InChI is InChI=1S/C18H19F2N5O/c1-26-16(24)7-10-2-3-11(6-14(10)23)17-13(12(8-21)9-22)4-5-15(25-17)18(19)20/h2-9,18,21H,22-24H2,1H3/b12-9+,16-7+,21-8?. The Morgan fingerprint density at radius 3 is 2.54 bits per heavy atom. The number of alkyl halides is 2. The first-order valence-electron chi connectivity index (χ1n) is 7.54. The van der Waals surface area contributed by atoms with Crippen LogP contribution in [0.2, 0.25) is 0 Å². The van der Waals surface area contributed by atoms with Crippen molar-refractivity contribution >= 4 is 23.6 Å². The molecule has 0 atom stereocenters. The number of ether oxygens (including phenoxy) is 1. The van der Waals surface area contributed by atoms with E-state index < -0.39 is 6.43 Å². The van der Waals surface area contributed by atoms with E-state index in [-0.39, 0.29) is 17.3 Å². The molecule has 7 N–H and O–H groups in total. The molecule has 0 radical (unpaired) electrons. The molecule has 0 aliphatic carbocycles. The topological polar surface area (TPSA) is 124 Å². The molecule has 136 valence electrons. The first-order valence-corrected chi connectivity index (χ1v) is 7.54. The number of halogens is 2. The van der Waals surface area contributed by atoms with Crippen LogP contribution < -0.4 is 17.2 Å². The van der Waals surface area contributed by atoms with Crippen molar-refractivity contribution in [2.45, 2.75) is 6.43 Å². The first kappa shape index (κ1) is 18.9. The van der Waals surface area contributed by atoms with Crippen LogP contribution in [0.3, 0.4) is 0 Å². The van der Waals surface area contributed by atoms with E-state index >= 15 is 0 Å². The minimum Gasteiger partial charge on any atom is -0.483 e. The fourth-order valence-electron chi connectivity index (χ4n) is 2.33. The predicted octanol–water partition coefficient (Wildman–Crippen LogP) is 3.12. The van der Waals surface area contributed by atoms with Gasteiger partial charge in [-0.25, -0.2) is 13.8 Å². The molecule has 1 aromatic carbocycles. The van der Waals surface area contributed by atoms with Crippen molar-refractivity contribution < 1.29 is 13.5 Å². The summed E-state index contributed by atoms with van der Waals surface area (Å²) in [6.45, 7) is 0. The van der Waals surface area contributed by atoms with Gasteiger partial charge >= 0.3 is 0 Å². The predicted molar refractivity (Wildman–Crippen MR) is 99.2 cm³/mol. The van der Waals surface area contributed by atoms with E-state index in [1.54, 1.807) is 24.3 Å². The van der Waals surface area contributed by atoms with Crippen LogP contribution >= 0.6 is 0 Å². The molecule has 0 saturated carbocycles. The van der Waals surface area contributed by atoms with E-state index in [4.69, 9.17) is 27.3 Å². The molecule has 0 saturated heterocycles. The average Bonchev–Trinajstić information content (AvgIpc) is 2.64. The Kier molecular flexibility index (Phi) is 5.90. The molecule has 1 aromatic heterocycles. The molecule has 0 aliphatic rings. The van der Waals surface area contributed by atoms with Gasteiger partial charge in [0.15, 0.2) is 5.88 Å². The smallest absolute Gasteiger partial charge is 0.280 e. The van der Waals surface area contributed by atoms with Gasteiger partial charge in [-0.3, -0.25) is 0 Å². The second-order valence-corrected chi connectivity index (χ2v) is 5.29. The summed E-state index contributed by atoms with van der Waals surface area (Å²) in [6, 6.07) is 7.60. The SMILES string of the molecule is CO/C(N)=C/c1ccc(-c2nc(C(F)F)ccc2/C(C=N)=C/N)cc1N. The highest BCUT2D eigenvalue weighted by Gasteiger charge is 2.16. The first-order chi connectivity index (χ1) is 12.4. The highest BCUT2D eigenvalue weighted by atomic mass is 19.3. The zero-order chi connectivity index (χ0) is 19.3. The number of aromatic nitrogens is 1. The summed E-state index contributed by atoms with van der Waals surface area (Å²) in [5.41, 5.74) is 19.3. The zero-order valence-corrected chi connectivity index (χ0v) is 14.0. The van der Waals surface area contributed by atoms with Gasteiger partial charge in [-0.05, 0) is 12.1 Å². The molecule has 0 amide bonds. The summed E-state index contributed by atoms with van der Waals surface area (Å²) in [5, 5.41) is 7.46. The highest BCUT2D eigenvalue weighted by Crippen LogP contribution is 2.31. The Morgan fingerprint density at radius 2 is 2.00 bits per heavy atom. The lowest BCUT2D eigenvalue weighted by atomic mass is 9.98. The van der Waals surface area contributed by atoms with Gasteiger partial charge in [-0.15, -0.1) is 0 Å². The number of rotatable bonds is 6. The van der Waals surface area contributed by atoms with Gasteiger partial charge in [-0.1, -0.05) is 18.2 Å². The van der Waals surface area contributed by atoms with E-state index in [1.807, 2.05) is 0 Å². The summed E-state index contributed by atoms with van der Waals surface area (Å²) in [5.74, 6) is 0.181. The van der Waals surface area contributed by atoms with Crippen LogP contribution in [-0.4, -0.2) is 18.3 Å². The number of nitrogens with zero attached hydrogens (tertiary/aromatic N) is 1. The third-order valence-corrected chi connectivity index (χ3v) is 3.68. The Labute approximate surface area is 149 Å². The lowest BCUT2D eigenvalue weighted by Crippen LogP contribution is -2.02. The Bertz CT molecular complexity index is 878. The van der Waals surface area contributed by atoms with Crippen LogP contribution in [0.1, 0.15) is 23.2 Å². The fourth-order valence-corrected chi connectivity index (χ4v) is 2.33. The number of nitrogen functional groups attached to an aromatic ring is 1. The van der Waals surface area contributed by atoms with Crippen LogP contribution in [0.5, 0.6) is 0 Å². The average molecular weight is 359 g/mol. The Balaban J connectivity index is 2.64. The van der Waals surface area contributed by atoms with Crippen molar-refractivity contribution in [3.63, 3.8) is 0 Å². The number of nitrogens with one attached hydrogen (secondary N) is 1. The zero-order valence-electron chi connectivity index (χ0n) is 14.0. The molecule has 0 unspecified atom stereocenters. The van der Waals surface area contributed by atoms with E-state index in [1.165, 1.54) is 25.4 Å². The van der Waals surface area contributed by atoms with Crippen LogP contribution in [0.15, 0.2) is 42.4 Å². The number of hydrogen-bond donors (Lipinski definition) is 4. The van der Waals surface area contributed by atoms with Crippen molar-refractivity contribution in [3.8, 4) is 11.3 Å². The molecule has 26 heavy (non-hydrogen) atoms. The molecule has 0 bridgehead atoms. The summed E-state index contributed by atoms with van der Waals surface area (Å²) in [4.78, 5) is 4.04. The van der Waals surface area contributed by atoms with Crippen LogP contribution in [0.25, 0.3) is 22.9 Å². The minimum atomic E-state index is -2.73. The molecule has 2 aromatic rings. The van der Waals surface area contributed by atoms with Crippen LogP contribution in [0.4, 0.5) is 14.5 Å². The molecule has 0 aliphatic heterocycles. The lowest BCUT2D eigenvalue weighted by Gasteiger charge is -2.13. The monoisotopic (exact) mass is 359 g/mol. The number of nitrogens with two attached hydrogens (primary N) is 3. The summed E-state index contributed by atoms with van der Waals surface area (Å²) in [6.07, 6.45) is 1.07. The fraction of sp³-hybridized carbons (Fsp3) is 0.111. The third kappa shape index (κ3) is 3.97. The van der Waals surface area contributed by atoms with Gasteiger partial charge in [0.05, 0.1) is 12.8 Å². The van der Waals surface area contributed by atoms with Gasteiger partial charge in [0, 0.05) is 46.4 Å². The summed E-state index contributed by atoms with van der Waals surface area (Å²) < 4.78 is 31.0. The maximum atomic E-state index is 13.1. The summed E-state index contributed by atoms with van der Waals surface area (Å²) in [7, 11) is 1.43. The van der Waals surface area contributed by atoms with Gasteiger partial charge in [0.25, 0.3) is 6.43 Å². The molecule has 6 nitrogen and oxygen atoms in total. The molecule has 8 heteroatoms. The maximum absolute atomic E-state index is 13.1. The highest BCUT2D eigenvalue weighted by molar-refractivity contribution is 6.10. The van der Waals surface area contributed by atoms with Gasteiger partial charge in [-0.2, -0.15) is 0 Å². The molecular weight excluding hydrogens is 340 g/mol. The van der Waals surface area contributed by atoms with Crippen molar-refractivity contribution in [3.05, 3.63) is 59.2 Å². The number of benzene rings is 1. The van der Waals surface area contributed by atoms with Crippen molar-refractivity contribution in [1.29, 1.82) is 5.41 Å². The quantitative estimate of drug-likeness (QED) is 0.358. The normalized spacial score (nSPS) is 12.3. The largest absolute Gasteiger partial charge is 0.483 e. The van der Waals surface area contributed by atoms with Crippen molar-refractivity contribution in [1.82, 2.24) is 4.98 Å². The number of methoxy groups -OCH3 is 1. The number of anilines is 1. The molecule has 0 fully saturated rings. The molecule has 2 rings (SSSR count). The van der Waals surface area contributed by atoms with Crippen molar-refractivity contribution in [2.24, 2.45) is 11.5 Å². The third-order valence-electron chi connectivity index (χ3n) is 3.68. The molecule has 0 spiro atoms. The number of allylic oxidation sites excluding steroid dienone is 1.